The molecule has 1 aromatic heterocycles. The van der Waals surface area contributed by atoms with Gasteiger partial charge in [0.1, 0.15) is 17.3 Å². The summed E-state index contributed by atoms with van der Waals surface area (Å²) in [6.07, 6.45) is 1.23. The molecular weight excluding hydrogens is 406 g/mol. The minimum Gasteiger partial charge on any atom is -0.467 e. The number of likely N-dealkylation sites (tertiary alicyclic amines) is 1. The summed E-state index contributed by atoms with van der Waals surface area (Å²) in [7, 11) is 0. The molecular formula is C25H25N3O4. The first-order chi connectivity index (χ1) is 15.5. The summed E-state index contributed by atoms with van der Waals surface area (Å²) in [5, 5.41) is 6.05. The molecule has 1 spiro atoms. The van der Waals surface area contributed by atoms with Crippen molar-refractivity contribution in [3.63, 3.8) is 0 Å². The van der Waals surface area contributed by atoms with Crippen LogP contribution in [0, 0.1) is 6.92 Å². The number of fused-ring (bicyclic) bond motifs is 1. The van der Waals surface area contributed by atoms with Gasteiger partial charge in [-0.25, -0.2) is 0 Å². The molecule has 3 heterocycles. The second-order valence-electron chi connectivity index (χ2n) is 8.33. The normalized spacial score (nSPS) is 17.3. The molecule has 0 atom stereocenters. The number of rotatable bonds is 4. The quantitative estimate of drug-likeness (QED) is 0.656. The van der Waals surface area contributed by atoms with Gasteiger partial charge in [-0.15, -0.1) is 0 Å². The standard InChI is InChI=1S/C25H25N3O4/c1-17-10-11-21(31-17)18-6-2-4-8-20(18)26-23(29)16-28-14-12-25(13-15-28)27-24(30)19-7-3-5-9-22(19)32-25/h2-11H,12-16H2,1H3,(H,26,29)(H,27,30). The lowest BCUT2D eigenvalue weighted by Gasteiger charge is -2.44. The highest BCUT2D eigenvalue weighted by Crippen LogP contribution is 2.33. The zero-order valence-corrected chi connectivity index (χ0v) is 17.9. The van der Waals surface area contributed by atoms with E-state index >= 15 is 0 Å². The van der Waals surface area contributed by atoms with E-state index in [4.69, 9.17) is 9.15 Å². The van der Waals surface area contributed by atoms with E-state index in [1.54, 1.807) is 6.07 Å². The van der Waals surface area contributed by atoms with E-state index in [0.29, 0.717) is 37.2 Å². The molecule has 2 aromatic carbocycles. The van der Waals surface area contributed by atoms with Crippen LogP contribution in [0.3, 0.4) is 0 Å². The number of nitrogens with one attached hydrogen (secondary N) is 2. The van der Waals surface area contributed by atoms with Gasteiger partial charge in [0.05, 0.1) is 17.8 Å². The van der Waals surface area contributed by atoms with E-state index in [1.165, 1.54) is 0 Å². The Morgan fingerprint density at radius 1 is 1.03 bits per heavy atom. The van der Waals surface area contributed by atoms with Crippen molar-refractivity contribution >= 4 is 17.5 Å². The Balaban J connectivity index is 1.21. The Kier molecular flexibility index (Phi) is 5.19. The lowest BCUT2D eigenvalue weighted by atomic mass is 9.97. The predicted octanol–water partition coefficient (Wildman–Crippen LogP) is 3.81. The molecule has 2 aliphatic heterocycles. The number of benzene rings is 2. The maximum absolute atomic E-state index is 12.8. The minimum atomic E-state index is -0.706. The molecule has 5 rings (SSSR count). The summed E-state index contributed by atoms with van der Waals surface area (Å²) in [5.74, 6) is 1.97. The first kappa shape index (κ1) is 20.3. The monoisotopic (exact) mass is 431 g/mol. The number of aryl methyl sites for hydroxylation is 1. The van der Waals surface area contributed by atoms with Gasteiger partial charge < -0.3 is 19.8 Å². The zero-order chi connectivity index (χ0) is 22.1. The Morgan fingerprint density at radius 2 is 1.75 bits per heavy atom. The molecule has 1 fully saturated rings. The van der Waals surface area contributed by atoms with Crippen LogP contribution in [0.15, 0.2) is 65.1 Å². The van der Waals surface area contributed by atoms with Crippen LogP contribution in [0.5, 0.6) is 5.75 Å². The Labute approximate surface area is 186 Å². The lowest BCUT2D eigenvalue weighted by molar-refractivity contribution is -0.118. The van der Waals surface area contributed by atoms with E-state index in [0.717, 1.165) is 22.8 Å². The molecule has 164 valence electrons. The van der Waals surface area contributed by atoms with Gasteiger partial charge in [-0.05, 0) is 43.3 Å². The number of amides is 2. The Bertz CT molecular complexity index is 1160. The van der Waals surface area contributed by atoms with E-state index in [-0.39, 0.29) is 18.4 Å². The van der Waals surface area contributed by atoms with Crippen molar-refractivity contribution in [3.05, 3.63) is 72.0 Å². The number of hydrogen-bond acceptors (Lipinski definition) is 5. The topological polar surface area (TPSA) is 83.8 Å². The van der Waals surface area contributed by atoms with Crippen molar-refractivity contribution in [2.24, 2.45) is 0 Å². The van der Waals surface area contributed by atoms with Gasteiger partial charge in [-0.3, -0.25) is 14.5 Å². The van der Waals surface area contributed by atoms with E-state index in [1.807, 2.05) is 61.5 Å². The summed E-state index contributed by atoms with van der Waals surface area (Å²) in [6.45, 7) is 3.46. The van der Waals surface area contributed by atoms with Crippen molar-refractivity contribution in [3.8, 4) is 17.1 Å². The fraction of sp³-hybridized carbons (Fsp3) is 0.280. The number of piperidine rings is 1. The highest BCUT2D eigenvalue weighted by molar-refractivity contribution is 5.98. The Morgan fingerprint density at radius 3 is 2.50 bits per heavy atom. The van der Waals surface area contributed by atoms with Crippen LogP contribution >= 0.6 is 0 Å². The smallest absolute Gasteiger partial charge is 0.258 e. The van der Waals surface area contributed by atoms with Crippen molar-refractivity contribution in [1.82, 2.24) is 10.2 Å². The number of anilines is 1. The molecule has 0 saturated carbocycles. The summed E-state index contributed by atoms with van der Waals surface area (Å²) in [6, 6.07) is 18.7. The summed E-state index contributed by atoms with van der Waals surface area (Å²) < 4.78 is 11.9. The molecule has 2 N–H and O–H groups in total. The molecule has 0 bridgehead atoms. The first-order valence-electron chi connectivity index (χ1n) is 10.8. The molecule has 7 nitrogen and oxygen atoms in total. The van der Waals surface area contributed by atoms with Gasteiger partial charge in [-0.2, -0.15) is 0 Å². The van der Waals surface area contributed by atoms with Crippen LogP contribution in [-0.4, -0.2) is 42.1 Å². The van der Waals surface area contributed by atoms with Crippen LogP contribution in [-0.2, 0) is 4.79 Å². The summed E-state index contributed by atoms with van der Waals surface area (Å²) in [5.41, 5.74) is 1.43. The average Bonchev–Trinajstić information content (AvgIpc) is 3.22. The van der Waals surface area contributed by atoms with E-state index < -0.39 is 5.72 Å². The van der Waals surface area contributed by atoms with Gasteiger partial charge in [-0.1, -0.05) is 24.3 Å². The van der Waals surface area contributed by atoms with Crippen LogP contribution in [0.25, 0.3) is 11.3 Å². The molecule has 7 heteroatoms. The van der Waals surface area contributed by atoms with Gasteiger partial charge in [0.15, 0.2) is 5.72 Å². The molecule has 2 amide bonds. The maximum atomic E-state index is 12.8. The fourth-order valence-electron chi connectivity index (χ4n) is 4.33. The van der Waals surface area contributed by atoms with Crippen LogP contribution < -0.4 is 15.4 Å². The second-order valence-corrected chi connectivity index (χ2v) is 8.33. The Hall–Kier alpha value is -3.58. The molecule has 2 aliphatic rings. The third-order valence-corrected chi connectivity index (χ3v) is 6.02. The number of nitrogens with zero attached hydrogens (tertiary/aromatic N) is 1. The number of hydrogen-bond donors (Lipinski definition) is 2. The number of ether oxygens (including phenoxy) is 1. The highest BCUT2D eigenvalue weighted by atomic mass is 16.5. The number of para-hydroxylation sites is 2. The molecule has 3 aromatic rings. The molecule has 0 unspecified atom stereocenters. The van der Waals surface area contributed by atoms with Gasteiger partial charge in [0, 0.05) is 31.5 Å². The fourth-order valence-corrected chi connectivity index (χ4v) is 4.33. The van der Waals surface area contributed by atoms with Gasteiger partial charge in [0.2, 0.25) is 5.91 Å². The average molecular weight is 431 g/mol. The number of carbonyl (C=O) groups is 2. The van der Waals surface area contributed by atoms with Crippen molar-refractivity contribution in [1.29, 1.82) is 0 Å². The number of furan rings is 1. The maximum Gasteiger partial charge on any atom is 0.258 e. The van der Waals surface area contributed by atoms with Crippen LogP contribution in [0.2, 0.25) is 0 Å². The summed E-state index contributed by atoms with van der Waals surface area (Å²) in [4.78, 5) is 27.3. The number of carbonyl (C=O) groups excluding carboxylic acids is 2. The second kappa shape index (κ2) is 8.16. The van der Waals surface area contributed by atoms with Crippen molar-refractivity contribution in [2.75, 3.05) is 25.0 Å². The third-order valence-electron chi connectivity index (χ3n) is 6.02. The minimum absolute atomic E-state index is 0.0874. The van der Waals surface area contributed by atoms with Gasteiger partial charge >= 0.3 is 0 Å². The largest absolute Gasteiger partial charge is 0.467 e. The van der Waals surface area contributed by atoms with E-state index in [2.05, 4.69) is 15.5 Å². The van der Waals surface area contributed by atoms with Crippen LogP contribution in [0.1, 0.15) is 29.0 Å². The van der Waals surface area contributed by atoms with Crippen LogP contribution in [0.4, 0.5) is 5.69 Å². The molecule has 0 aliphatic carbocycles. The molecule has 0 radical (unpaired) electrons. The third kappa shape index (κ3) is 3.99. The zero-order valence-electron chi connectivity index (χ0n) is 17.9. The van der Waals surface area contributed by atoms with Crippen molar-refractivity contribution in [2.45, 2.75) is 25.5 Å². The summed E-state index contributed by atoms with van der Waals surface area (Å²) >= 11 is 0. The van der Waals surface area contributed by atoms with Gasteiger partial charge in [0.25, 0.3) is 5.91 Å². The predicted molar refractivity (Wildman–Crippen MR) is 120 cm³/mol. The lowest BCUT2D eigenvalue weighted by Crippen LogP contribution is -2.61. The SMILES string of the molecule is Cc1ccc(-c2ccccc2NC(=O)CN2CCC3(CC2)NC(=O)c2ccccc2O3)o1. The first-order valence-corrected chi connectivity index (χ1v) is 10.8. The molecule has 32 heavy (non-hydrogen) atoms. The van der Waals surface area contributed by atoms with Crippen molar-refractivity contribution < 1.29 is 18.7 Å². The van der Waals surface area contributed by atoms with E-state index in [9.17, 15) is 9.59 Å². The highest BCUT2D eigenvalue weighted by Gasteiger charge is 2.42. The molecule has 1 saturated heterocycles.